The van der Waals surface area contributed by atoms with Crippen LogP contribution in [0.5, 0.6) is 0 Å². The van der Waals surface area contributed by atoms with Gasteiger partial charge >= 0.3 is 58.2 Å². The molecule has 64 valence electrons. The molecule has 0 aromatic rings. The standard InChI is InChI=1S/C6H2Br2O4.Rb/c7-1-3(9)5(11)2(8)6(12)4(1)10;/h9,11H;/q;+1/p-1. The van der Waals surface area contributed by atoms with E-state index >= 15 is 0 Å². The van der Waals surface area contributed by atoms with Gasteiger partial charge in [0.1, 0.15) is 10.2 Å². The number of hydrogen-bond acceptors (Lipinski definition) is 4. The van der Waals surface area contributed by atoms with Crippen molar-refractivity contribution in [3.05, 3.63) is 20.5 Å². The summed E-state index contributed by atoms with van der Waals surface area (Å²) in [5, 5.41) is 19.9. The fraction of sp³-hybridized carbons (Fsp3) is 0. The molecule has 0 unspecified atom stereocenters. The van der Waals surface area contributed by atoms with Gasteiger partial charge < -0.3 is 10.2 Å². The molecule has 0 saturated carbocycles. The monoisotopic (exact) mass is 380 g/mol. The molecule has 1 aliphatic carbocycles. The largest absolute Gasteiger partial charge is 1.00 e. The van der Waals surface area contributed by atoms with Gasteiger partial charge in [0, 0.05) is 0 Å². The summed E-state index contributed by atoms with van der Waals surface area (Å²) < 4.78 is -0.825. The van der Waals surface area contributed by atoms with E-state index in [1.807, 2.05) is 0 Å². The van der Waals surface area contributed by atoms with Gasteiger partial charge in [0.15, 0.2) is 0 Å². The van der Waals surface area contributed by atoms with Crippen molar-refractivity contribution in [2.45, 2.75) is 0 Å². The van der Waals surface area contributed by atoms with Crippen molar-refractivity contribution in [3.63, 3.8) is 0 Å². The Labute approximate surface area is 139 Å². The Kier molecular flexibility index (Phi) is 5.80. The molecule has 0 heterocycles. The molecule has 0 bridgehead atoms. The molecule has 0 radical (unpaired) electrons. The van der Waals surface area contributed by atoms with E-state index in [9.17, 15) is 14.7 Å². The summed E-state index contributed by atoms with van der Waals surface area (Å²) in [7, 11) is 0. The molecule has 0 saturated heterocycles. The Morgan fingerprint density at radius 1 is 1.08 bits per heavy atom. The van der Waals surface area contributed by atoms with Crippen LogP contribution in [-0.4, -0.2) is 16.7 Å². The first-order valence-corrected chi connectivity index (χ1v) is 4.30. The summed E-state index contributed by atoms with van der Waals surface area (Å²) in [5.41, 5.74) is 0. The molecular formula is C6HBr2O4Rb. The summed E-state index contributed by atoms with van der Waals surface area (Å²) >= 11 is 5.24. The Balaban J connectivity index is 0.00000144. The molecule has 0 fully saturated rings. The minimum Gasteiger partial charge on any atom is -0.869 e. The van der Waals surface area contributed by atoms with Gasteiger partial charge in [-0.1, -0.05) is 0 Å². The van der Waals surface area contributed by atoms with Gasteiger partial charge in [0.25, 0.3) is 0 Å². The van der Waals surface area contributed by atoms with Crippen molar-refractivity contribution in [1.29, 1.82) is 0 Å². The zero-order chi connectivity index (χ0) is 9.46. The first kappa shape index (κ1) is 14.2. The van der Waals surface area contributed by atoms with Crippen LogP contribution in [0, 0.1) is 0 Å². The molecule has 7 heteroatoms. The minimum atomic E-state index is -0.954. The van der Waals surface area contributed by atoms with Crippen molar-refractivity contribution in [1.82, 2.24) is 0 Å². The summed E-state index contributed by atoms with van der Waals surface area (Å²) in [6, 6.07) is 0. The quantitative estimate of drug-likeness (QED) is 0.365. The fourth-order valence-corrected chi connectivity index (χ4v) is 1.34. The maximum atomic E-state index is 10.9. The summed E-state index contributed by atoms with van der Waals surface area (Å²) in [6.07, 6.45) is 0. The SMILES string of the molecule is O=C1C(=O)C(Br)=C(O)C([O-])=C1Br.[Rb+]. The Morgan fingerprint density at radius 2 is 1.46 bits per heavy atom. The number of carbonyl (C=O) groups excluding carboxylic acids is 2. The van der Waals surface area contributed by atoms with Crippen molar-refractivity contribution in [2.75, 3.05) is 0 Å². The van der Waals surface area contributed by atoms with Crippen LogP contribution >= 0.6 is 31.9 Å². The topological polar surface area (TPSA) is 77.4 Å². The Hall–Kier alpha value is 1.19. The maximum absolute atomic E-state index is 10.9. The van der Waals surface area contributed by atoms with Crippen LogP contribution in [0.2, 0.25) is 0 Å². The molecule has 1 rings (SSSR count). The zero-order valence-corrected chi connectivity index (χ0v) is 14.5. The average Bonchev–Trinajstić information content (AvgIpc) is 2.08. The third-order valence-electron chi connectivity index (χ3n) is 1.23. The molecule has 1 N–H and O–H groups in total. The molecule has 0 aliphatic heterocycles. The fourth-order valence-electron chi connectivity index (χ4n) is 0.614. The van der Waals surface area contributed by atoms with Crippen LogP contribution < -0.4 is 63.3 Å². The first-order chi connectivity index (χ1) is 5.46. The first-order valence-electron chi connectivity index (χ1n) is 2.71. The third kappa shape index (κ3) is 2.60. The van der Waals surface area contributed by atoms with Crippen molar-refractivity contribution in [3.8, 4) is 0 Å². The van der Waals surface area contributed by atoms with E-state index in [2.05, 4.69) is 31.9 Å². The van der Waals surface area contributed by atoms with E-state index in [4.69, 9.17) is 5.11 Å². The average molecular weight is 382 g/mol. The van der Waals surface area contributed by atoms with Crippen LogP contribution in [0.1, 0.15) is 0 Å². The molecule has 4 nitrogen and oxygen atoms in total. The number of carbonyl (C=O) groups is 2. The second kappa shape index (κ2) is 5.32. The second-order valence-corrected chi connectivity index (χ2v) is 3.55. The third-order valence-corrected chi connectivity index (χ3v) is 2.68. The minimum absolute atomic E-state index is 0. The number of allylic oxidation sites excluding steroid dienone is 2. The van der Waals surface area contributed by atoms with E-state index in [0.717, 1.165) is 0 Å². The summed E-state index contributed by atoms with van der Waals surface area (Å²) in [4.78, 5) is 21.7. The summed E-state index contributed by atoms with van der Waals surface area (Å²) in [5.74, 6) is -3.51. The van der Waals surface area contributed by atoms with Gasteiger partial charge in [-0.3, -0.25) is 9.59 Å². The number of ketones is 2. The Bertz CT molecular complexity index is 295. The van der Waals surface area contributed by atoms with Gasteiger partial charge in [0.05, 0.1) is 4.48 Å². The van der Waals surface area contributed by atoms with E-state index in [-0.39, 0.29) is 62.7 Å². The smallest absolute Gasteiger partial charge is 0.869 e. The van der Waals surface area contributed by atoms with Crippen molar-refractivity contribution in [2.24, 2.45) is 0 Å². The van der Waals surface area contributed by atoms with E-state index in [1.165, 1.54) is 0 Å². The van der Waals surface area contributed by atoms with Crippen LogP contribution in [0.4, 0.5) is 0 Å². The van der Waals surface area contributed by atoms with Crippen molar-refractivity contribution >= 4 is 43.4 Å². The molecule has 1 aliphatic rings. The number of aliphatic hydroxyl groups is 1. The van der Waals surface area contributed by atoms with Gasteiger partial charge in [0.2, 0.25) is 11.6 Å². The van der Waals surface area contributed by atoms with E-state index in [0.29, 0.717) is 0 Å². The predicted molar refractivity (Wildman–Crippen MR) is 44.5 cm³/mol. The molecule has 0 spiro atoms. The molecule has 13 heavy (non-hydrogen) atoms. The number of hydrogen-bond donors (Lipinski definition) is 1. The number of aliphatic hydroxyl groups excluding tert-OH is 1. The Morgan fingerprint density at radius 3 is 1.92 bits per heavy atom. The van der Waals surface area contributed by atoms with E-state index < -0.39 is 27.6 Å². The molecule has 0 amide bonds. The predicted octanol–water partition coefficient (Wildman–Crippen LogP) is -2.73. The maximum Gasteiger partial charge on any atom is 1.00 e. The van der Waals surface area contributed by atoms with Gasteiger partial charge in [-0.15, -0.1) is 0 Å². The van der Waals surface area contributed by atoms with Crippen LogP contribution in [0.15, 0.2) is 20.5 Å². The molecule has 0 aromatic carbocycles. The van der Waals surface area contributed by atoms with Crippen LogP contribution in [-0.2, 0) is 9.59 Å². The van der Waals surface area contributed by atoms with Crippen LogP contribution in [0.25, 0.3) is 0 Å². The zero-order valence-electron chi connectivity index (χ0n) is 6.43. The second-order valence-electron chi connectivity index (χ2n) is 1.96. The van der Waals surface area contributed by atoms with Crippen LogP contribution in [0.3, 0.4) is 0 Å². The number of Topliss-reactive ketones (excluding diaryl/α,β-unsaturated/α-hetero) is 2. The van der Waals surface area contributed by atoms with Gasteiger partial charge in [-0.2, -0.15) is 0 Å². The van der Waals surface area contributed by atoms with E-state index in [1.54, 1.807) is 0 Å². The number of rotatable bonds is 0. The molecular weight excluding hydrogens is 381 g/mol. The van der Waals surface area contributed by atoms with Crippen molar-refractivity contribution < 1.29 is 78.0 Å². The summed E-state index contributed by atoms with van der Waals surface area (Å²) in [6.45, 7) is 0. The molecule has 0 aromatic heterocycles. The van der Waals surface area contributed by atoms with Gasteiger partial charge in [-0.05, 0) is 37.6 Å². The normalized spacial score (nSPS) is 17.7. The molecule has 0 atom stereocenters. The number of halogens is 2. The van der Waals surface area contributed by atoms with Gasteiger partial charge in [-0.25, -0.2) is 0 Å².